The van der Waals surface area contributed by atoms with E-state index in [1.807, 2.05) is 0 Å². The normalized spacial score (nSPS) is 10.6. The topological polar surface area (TPSA) is 139 Å². The lowest BCUT2D eigenvalue weighted by Gasteiger charge is -2.11. The molecule has 0 aliphatic heterocycles. The Morgan fingerprint density at radius 1 is 0.846 bits per heavy atom. The molecule has 136 valence electrons. The summed E-state index contributed by atoms with van der Waals surface area (Å²) in [5.41, 5.74) is -0.936. The number of nitro benzene ring substituents is 2. The van der Waals surface area contributed by atoms with E-state index in [2.05, 4.69) is 10.2 Å². The van der Waals surface area contributed by atoms with Crippen molar-refractivity contribution in [2.75, 3.05) is 21.3 Å². The minimum atomic E-state index is -0.774. The molecular formula is C15H14N4O7. The van der Waals surface area contributed by atoms with Crippen LogP contribution in [0, 0.1) is 20.2 Å². The SMILES string of the molecule is COc1cc(OC)c(N=Nc2ccc([N+](=O)[O-])cc2[N+](=O)[O-])c(OC)c1. The van der Waals surface area contributed by atoms with Gasteiger partial charge in [0.25, 0.3) is 5.69 Å². The van der Waals surface area contributed by atoms with Gasteiger partial charge in [-0.05, 0) is 6.07 Å². The first-order valence-corrected chi connectivity index (χ1v) is 7.05. The van der Waals surface area contributed by atoms with Crippen LogP contribution >= 0.6 is 0 Å². The third-order valence-corrected chi connectivity index (χ3v) is 3.31. The zero-order valence-corrected chi connectivity index (χ0v) is 14.0. The molecule has 0 fully saturated rings. The quantitative estimate of drug-likeness (QED) is 0.413. The largest absolute Gasteiger partial charge is 0.496 e. The molecule has 2 aromatic rings. The summed E-state index contributed by atoms with van der Waals surface area (Å²) < 4.78 is 15.5. The monoisotopic (exact) mass is 362 g/mol. The first kappa shape index (κ1) is 18.6. The van der Waals surface area contributed by atoms with Crippen molar-refractivity contribution in [2.45, 2.75) is 0 Å². The molecule has 26 heavy (non-hydrogen) atoms. The van der Waals surface area contributed by atoms with E-state index in [-0.39, 0.29) is 22.9 Å². The highest BCUT2D eigenvalue weighted by atomic mass is 16.6. The van der Waals surface area contributed by atoms with Gasteiger partial charge in [0.15, 0.2) is 22.9 Å². The molecule has 0 aromatic heterocycles. The van der Waals surface area contributed by atoms with Gasteiger partial charge >= 0.3 is 5.69 Å². The molecule has 11 nitrogen and oxygen atoms in total. The van der Waals surface area contributed by atoms with Crippen LogP contribution in [0.5, 0.6) is 17.2 Å². The van der Waals surface area contributed by atoms with Gasteiger partial charge in [0.05, 0.1) is 37.2 Å². The summed E-state index contributed by atoms with van der Waals surface area (Å²) in [5.74, 6) is 1.00. The average molecular weight is 362 g/mol. The van der Waals surface area contributed by atoms with E-state index in [9.17, 15) is 20.2 Å². The van der Waals surface area contributed by atoms with Crippen LogP contribution in [-0.2, 0) is 0 Å². The van der Waals surface area contributed by atoms with Crippen LogP contribution in [-0.4, -0.2) is 31.2 Å². The molecule has 11 heteroatoms. The molecule has 0 heterocycles. The standard InChI is InChI=1S/C15H14N4O7/c1-24-10-7-13(25-2)15(14(8-10)26-3)17-16-11-5-4-9(18(20)21)6-12(11)19(22)23/h4-8H,1-3H3. The summed E-state index contributed by atoms with van der Waals surface area (Å²) in [6.07, 6.45) is 0. The second kappa shape index (κ2) is 7.88. The highest BCUT2D eigenvalue weighted by Gasteiger charge is 2.20. The van der Waals surface area contributed by atoms with E-state index in [1.165, 1.54) is 21.3 Å². The fourth-order valence-electron chi connectivity index (χ4n) is 2.05. The third-order valence-electron chi connectivity index (χ3n) is 3.31. The van der Waals surface area contributed by atoms with Crippen LogP contribution in [0.15, 0.2) is 40.6 Å². The molecule has 0 aliphatic rings. The summed E-state index contributed by atoms with van der Waals surface area (Å²) in [6.45, 7) is 0. The number of nitro groups is 2. The molecule has 0 radical (unpaired) electrons. The van der Waals surface area contributed by atoms with Crippen LogP contribution in [0.3, 0.4) is 0 Å². The van der Waals surface area contributed by atoms with Gasteiger partial charge in [-0.15, -0.1) is 10.2 Å². The molecule has 2 rings (SSSR count). The molecule has 0 saturated heterocycles. The minimum absolute atomic E-state index is 0.152. The van der Waals surface area contributed by atoms with Crippen molar-refractivity contribution in [2.24, 2.45) is 10.2 Å². The Morgan fingerprint density at radius 2 is 1.46 bits per heavy atom. The van der Waals surface area contributed by atoms with E-state index in [0.717, 1.165) is 18.2 Å². The number of hydrogen-bond acceptors (Lipinski definition) is 9. The van der Waals surface area contributed by atoms with Crippen LogP contribution in [0.2, 0.25) is 0 Å². The maximum Gasteiger partial charge on any atom is 0.303 e. The van der Waals surface area contributed by atoms with Crippen molar-refractivity contribution >= 4 is 22.7 Å². The van der Waals surface area contributed by atoms with Gasteiger partial charge in [-0.2, -0.15) is 0 Å². The lowest BCUT2D eigenvalue weighted by atomic mass is 10.2. The lowest BCUT2D eigenvalue weighted by Crippen LogP contribution is -1.93. The maximum atomic E-state index is 11.2. The zero-order chi connectivity index (χ0) is 19.3. The Kier molecular flexibility index (Phi) is 5.63. The van der Waals surface area contributed by atoms with E-state index in [0.29, 0.717) is 5.75 Å². The Labute approximate surface area is 147 Å². The van der Waals surface area contributed by atoms with Gasteiger partial charge in [0, 0.05) is 18.2 Å². The summed E-state index contributed by atoms with van der Waals surface area (Å²) in [6, 6.07) is 6.14. The number of benzene rings is 2. The summed E-state index contributed by atoms with van der Waals surface area (Å²) >= 11 is 0. The van der Waals surface area contributed by atoms with E-state index in [1.54, 1.807) is 12.1 Å². The number of azo groups is 1. The van der Waals surface area contributed by atoms with Crippen molar-refractivity contribution < 1.29 is 24.1 Å². The van der Waals surface area contributed by atoms with Crippen molar-refractivity contribution in [3.63, 3.8) is 0 Å². The Balaban J connectivity index is 2.53. The molecule has 0 N–H and O–H groups in total. The lowest BCUT2D eigenvalue weighted by molar-refractivity contribution is -0.393. The molecule has 0 bridgehead atoms. The van der Waals surface area contributed by atoms with Gasteiger partial charge < -0.3 is 14.2 Å². The minimum Gasteiger partial charge on any atom is -0.496 e. The predicted molar refractivity (Wildman–Crippen MR) is 90.0 cm³/mol. The van der Waals surface area contributed by atoms with Gasteiger partial charge in [-0.3, -0.25) is 20.2 Å². The van der Waals surface area contributed by atoms with Crippen molar-refractivity contribution in [1.82, 2.24) is 0 Å². The summed E-state index contributed by atoms with van der Waals surface area (Å²) in [7, 11) is 4.28. The van der Waals surface area contributed by atoms with Gasteiger partial charge in [0.2, 0.25) is 0 Å². The number of nitrogens with zero attached hydrogens (tertiary/aromatic N) is 4. The molecule has 0 amide bonds. The van der Waals surface area contributed by atoms with Crippen LogP contribution in [0.25, 0.3) is 0 Å². The molecule has 0 saturated carbocycles. The highest BCUT2D eigenvalue weighted by Crippen LogP contribution is 2.42. The van der Waals surface area contributed by atoms with Crippen LogP contribution < -0.4 is 14.2 Å². The number of hydrogen-bond donors (Lipinski definition) is 0. The molecule has 0 unspecified atom stereocenters. The Hall–Kier alpha value is -3.76. The first-order chi connectivity index (χ1) is 12.4. The predicted octanol–water partition coefficient (Wildman–Crippen LogP) is 3.94. The van der Waals surface area contributed by atoms with Crippen LogP contribution in [0.1, 0.15) is 0 Å². The molecule has 2 aromatic carbocycles. The third kappa shape index (κ3) is 3.83. The fourth-order valence-corrected chi connectivity index (χ4v) is 2.05. The van der Waals surface area contributed by atoms with Crippen molar-refractivity contribution in [3.8, 4) is 17.2 Å². The van der Waals surface area contributed by atoms with Crippen molar-refractivity contribution in [1.29, 1.82) is 0 Å². The Morgan fingerprint density at radius 3 is 1.92 bits per heavy atom. The molecule has 0 spiro atoms. The van der Waals surface area contributed by atoms with Gasteiger partial charge in [0.1, 0.15) is 5.75 Å². The first-order valence-electron chi connectivity index (χ1n) is 7.05. The highest BCUT2D eigenvalue weighted by molar-refractivity contribution is 5.66. The second-order valence-electron chi connectivity index (χ2n) is 4.77. The maximum absolute atomic E-state index is 11.2. The van der Waals surface area contributed by atoms with Gasteiger partial charge in [-0.25, -0.2) is 0 Å². The number of ether oxygens (including phenoxy) is 3. The van der Waals surface area contributed by atoms with Crippen molar-refractivity contribution in [3.05, 3.63) is 50.6 Å². The summed E-state index contributed by atoms with van der Waals surface area (Å²) in [5, 5.41) is 29.7. The zero-order valence-electron chi connectivity index (χ0n) is 14.0. The number of non-ortho nitro benzene ring substituents is 1. The Bertz CT molecular complexity index is 857. The number of rotatable bonds is 7. The van der Waals surface area contributed by atoms with Gasteiger partial charge in [-0.1, -0.05) is 0 Å². The molecule has 0 aliphatic carbocycles. The van der Waals surface area contributed by atoms with E-state index < -0.39 is 21.2 Å². The fraction of sp³-hybridized carbons (Fsp3) is 0.200. The molecular weight excluding hydrogens is 348 g/mol. The molecule has 0 atom stereocenters. The smallest absolute Gasteiger partial charge is 0.303 e. The average Bonchev–Trinajstić information content (AvgIpc) is 2.65. The number of methoxy groups -OCH3 is 3. The van der Waals surface area contributed by atoms with E-state index >= 15 is 0 Å². The van der Waals surface area contributed by atoms with E-state index in [4.69, 9.17) is 14.2 Å². The van der Waals surface area contributed by atoms with Crippen LogP contribution in [0.4, 0.5) is 22.7 Å². The second-order valence-corrected chi connectivity index (χ2v) is 4.77. The summed E-state index contributed by atoms with van der Waals surface area (Å²) in [4.78, 5) is 20.4.